The van der Waals surface area contributed by atoms with E-state index in [2.05, 4.69) is 4.98 Å². The molecule has 0 N–H and O–H groups in total. The van der Waals surface area contributed by atoms with E-state index in [9.17, 15) is 20.2 Å². The van der Waals surface area contributed by atoms with Gasteiger partial charge in [-0.3, -0.25) is 19.9 Å². The molecule has 2 aromatic rings. The van der Waals surface area contributed by atoms with Crippen molar-refractivity contribution in [3.05, 3.63) is 46.3 Å². The second-order valence-electron chi connectivity index (χ2n) is 4.17. The second-order valence-corrected chi connectivity index (χ2v) is 4.17. The highest BCUT2D eigenvalue weighted by Gasteiger charge is 2.26. The quantitative estimate of drug-likeness (QED) is 0.484. The molecular weight excluding hydrogens is 274 g/mol. The van der Waals surface area contributed by atoms with E-state index < -0.39 is 16.8 Å². The first-order valence-electron chi connectivity index (χ1n) is 6.17. The molecule has 0 saturated carbocycles. The van der Waals surface area contributed by atoms with Crippen LogP contribution in [0.3, 0.4) is 0 Å². The van der Waals surface area contributed by atoms with Gasteiger partial charge in [0, 0.05) is 18.5 Å². The number of carbonyl (C=O) groups is 1. The van der Waals surface area contributed by atoms with Crippen molar-refractivity contribution in [2.24, 2.45) is 0 Å². The lowest BCUT2D eigenvalue weighted by Crippen LogP contribution is -2.15. The summed E-state index contributed by atoms with van der Waals surface area (Å²) in [6.07, 6.45) is 2.80. The van der Waals surface area contributed by atoms with Gasteiger partial charge in [-0.1, -0.05) is 0 Å². The Hall–Kier alpha value is -3.01. The zero-order chi connectivity index (χ0) is 15.4. The largest absolute Gasteiger partial charge is 0.465 e. The molecule has 0 aliphatic heterocycles. The molecule has 0 radical (unpaired) electrons. The van der Waals surface area contributed by atoms with Crippen LogP contribution in [0.5, 0.6) is 0 Å². The molecule has 2 rings (SSSR count). The number of pyridine rings is 1. The van der Waals surface area contributed by atoms with Crippen LogP contribution in [0.2, 0.25) is 0 Å². The number of ether oxygens (including phenoxy) is 1. The van der Waals surface area contributed by atoms with Crippen molar-refractivity contribution in [3.8, 4) is 6.07 Å². The molecule has 7 heteroatoms. The number of rotatable bonds is 4. The van der Waals surface area contributed by atoms with Crippen LogP contribution in [0.4, 0.5) is 5.69 Å². The average molecular weight is 285 g/mol. The zero-order valence-electron chi connectivity index (χ0n) is 11.1. The van der Waals surface area contributed by atoms with E-state index in [0.29, 0.717) is 10.9 Å². The number of nitro groups is 1. The van der Waals surface area contributed by atoms with Crippen molar-refractivity contribution >= 4 is 22.4 Å². The number of fused-ring (bicyclic) bond motifs is 1. The minimum atomic E-state index is -1.13. The predicted octanol–water partition coefficient (Wildman–Crippen LogP) is 2.31. The van der Waals surface area contributed by atoms with Crippen LogP contribution in [0.25, 0.3) is 10.8 Å². The summed E-state index contributed by atoms with van der Waals surface area (Å²) >= 11 is 0. The van der Waals surface area contributed by atoms with E-state index in [4.69, 9.17) is 4.74 Å². The summed E-state index contributed by atoms with van der Waals surface area (Å²) in [6.45, 7) is 1.80. The maximum Gasteiger partial charge on any atom is 0.327 e. The van der Waals surface area contributed by atoms with E-state index in [1.807, 2.05) is 6.07 Å². The maximum absolute atomic E-state index is 11.8. The first-order valence-corrected chi connectivity index (χ1v) is 6.17. The number of aromatic nitrogens is 1. The highest BCUT2D eigenvalue weighted by atomic mass is 16.6. The molecule has 0 spiro atoms. The molecule has 0 amide bonds. The fraction of sp³-hybridized carbons (Fsp3) is 0.214. The number of carbonyl (C=O) groups excluding carboxylic acids is 1. The second kappa shape index (κ2) is 5.96. The zero-order valence-corrected chi connectivity index (χ0v) is 11.1. The lowest BCUT2D eigenvalue weighted by atomic mass is 9.94. The van der Waals surface area contributed by atoms with Gasteiger partial charge in [-0.25, -0.2) is 0 Å². The van der Waals surface area contributed by atoms with E-state index in [-0.39, 0.29) is 17.7 Å². The molecule has 0 saturated heterocycles. The highest BCUT2D eigenvalue weighted by molar-refractivity contribution is 5.96. The Morgan fingerprint density at radius 1 is 1.48 bits per heavy atom. The Balaban J connectivity index is 2.66. The third-order valence-corrected chi connectivity index (χ3v) is 2.99. The number of hydrogen-bond acceptors (Lipinski definition) is 6. The van der Waals surface area contributed by atoms with Gasteiger partial charge in [0.05, 0.1) is 23.0 Å². The molecule has 1 aromatic heterocycles. The van der Waals surface area contributed by atoms with E-state index in [1.54, 1.807) is 13.0 Å². The molecule has 1 atom stereocenters. The van der Waals surface area contributed by atoms with Crippen molar-refractivity contribution in [2.45, 2.75) is 12.8 Å². The minimum absolute atomic E-state index is 0.123. The minimum Gasteiger partial charge on any atom is -0.465 e. The number of benzene rings is 1. The lowest BCUT2D eigenvalue weighted by Gasteiger charge is -2.11. The molecule has 1 unspecified atom stereocenters. The number of non-ortho nitro benzene ring substituents is 1. The summed E-state index contributed by atoms with van der Waals surface area (Å²) in [7, 11) is 0. The Labute approximate surface area is 119 Å². The van der Waals surface area contributed by atoms with E-state index >= 15 is 0 Å². The third-order valence-electron chi connectivity index (χ3n) is 2.99. The molecule has 0 aliphatic rings. The van der Waals surface area contributed by atoms with Gasteiger partial charge in [-0.15, -0.1) is 0 Å². The smallest absolute Gasteiger partial charge is 0.327 e. The Kier molecular flexibility index (Phi) is 4.09. The van der Waals surface area contributed by atoms with Gasteiger partial charge in [0.1, 0.15) is 0 Å². The molecule has 1 heterocycles. The SMILES string of the molecule is CCOC(=O)C(C#N)c1ccc([N+](=O)[O-])c2cnccc12. The van der Waals surface area contributed by atoms with Gasteiger partial charge in [0.2, 0.25) is 0 Å². The number of nitrogens with zero attached hydrogens (tertiary/aromatic N) is 3. The van der Waals surface area contributed by atoms with Crippen LogP contribution in [0, 0.1) is 21.4 Å². The molecule has 1 aromatic carbocycles. The Morgan fingerprint density at radius 2 is 2.24 bits per heavy atom. The molecular formula is C14H11N3O4. The summed E-state index contributed by atoms with van der Waals surface area (Å²) in [6, 6.07) is 6.10. The van der Waals surface area contributed by atoms with Crippen molar-refractivity contribution in [2.75, 3.05) is 6.61 Å². The van der Waals surface area contributed by atoms with Crippen molar-refractivity contribution < 1.29 is 14.5 Å². The van der Waals surface area contributed by atoms with Gasteiger partial charge < -0.3 is 4.74 Å². The van der Waals surface area contributed by atoms with Crippen LogP contribution in [-0.4, -0.2) is 22.5 Å². The van der Waals surface area contributed by atoms with Crippen LogP contribution in [0.1, 0.15) is 18.4 Å². The maximum atomic E-state index is 11.8. The summed E-state index contributed by atoms with van der Waals surface area (Å²) < 4.78 is 4.86. The van der Waals surface area contributed by atoms with Gasteiger partial charge in [-0.05, 0) is 30.0 Å². The van der Waals surface area contributed by atoms with Crippen molar-refractivity contribution in [3.63, 3.8) is 0 Å². The van der Waals surface area contributed by atoms with E-state index in [0.717, 1.165) is 0 Å². The van der Waals surface area contributed by atoms with Crippen LogP contribution < -0.4 is 0 Å². The number of nitriles is 1. The number of hydrogen-bond donors (Lipinski definition) is 0. The summed E-state index contributed by atoms with van der Waals surface area (Å²) in [5.41, 5.74) is 0.251. The topological polar surface area (TPSA) is 106 Å². The predicted molar refractivity (Wildman–Crippen MR) is 73.4 cm³/mol. The average Bonchev–Trinajstić information content (AvgIpc) is 2.48. The summed E-state index contributed by atoms with van der Waals surface area (Å²) in [5.74, 6) is -1.80. The standard InChI is InChI=1S/C14H11N3O4/c1-2-21-14(18)11(7-15)9-3-4-13(17(19)20)12-8-16-6-5-10(9)12/h3-6,8,11H,2H2,1H3. The fourth-order valence-electron chi connectivity index (χ4n) is 2.08. The Bertz CT molecular complexity index is 751. The van der Waals surface area contributed by atoms with E-state index in [1.165, 1.54) is 24.5 Å². The number of esters is 1. The monoisotopic (exact) mass is 285 g/mol. The summed E-state index contributed by atoms with van der Waals surface area (Å²) in [4.78, 5) is 26.2. The Morgan fingerprint density at radius 3 is 2.86 bits per heavy atom. The first-order chi connectivity index (χ1) is 10.1. The van der Waals surface area contributed by atoms with Gasteiger partial charge in [0.15, 0.2) is 5.92 Å². The third kappa shape index (κ3) is 2.65. The lowest BCUT2D eigenvalue weighted by molar-refractivity contribution is -0.383. The molecule has 21 heavy (non-hydrogen) atoms. The molecule has 7 nitrogen and oxygen atoms in total. The van der Waals surface area contributed by atoms with Crippen LogP contribution in [0.15, 0.2) is 30.6 Å². The highest BCUT2D eigenvalue weighted by Crippen LogP contribution is 2.32. The normalized spacial score (nSPS) is 11.6. The van der Waals surface area contributed by atoms with Crippen LogP contribution in [-0.2, 0) is 9.53 Å². The molecule has 106 valence electrons. The van der Waals surface area contributed by atoms with Crippen molar-refractivity contribution in [1.29, 1.82) is 5.26 Å². The number of nitro benzene ring substituents is 1. The van der Waals surface area contributed by atoms with Gasteiger partial charge in [-0.2, -0.15) is 5.26 Å². The van der Waals surface area contributed by atoms with Gasteiger partial charge >= 0.3 is 5.97 Å². The van der Waals surface area contributed by atoms with Crippen LogP contribution >= 0.6 is 0 Å². The van der Waals surface area contributed by atoms with Gasteiger partial charge in [0.25, 0.3) is 5.69 Å². The first kappa shape index (κ1) is 14.4. The molecule has 0 aliphatic carbocycles. The molecule has 0 bridgehead atoms. The fourth-order valence-corrected chi connectivity index (χ4v) is 2.08. The van der Waals surface area contributed by atoms with Crippen molar-refractivity contribution in [1.82, 2.24) is 4.98 Å². The summed E-state index contributed by atoms with van der Waals surface area (Å²) in [5, 5.41) is 21.0. The molecule has 0 fully saturated rings.